The highest BCUT2D eigenvalue weighted by atomic mass is 32.2. The smallest absolute Gasteiger partial charge is 0.381 e. The summed E-state index contributed by atoms with van der Waals surface area (Å²) < 4.78 is 88.1. The maximum absolute atomic E-state index is 14.3. The molecule has 1 saturated carbocycles. The zero-order chi connectivity index (χ0) is 30.1. The van der Waals surface area contributed by atoms with E-state index in [4.69, 9.17) is 10.5 Å². The average molecular weight is 602 g/mol. The molecule has 1 amide bonds. The van der Waals surface area contributed by atoms with Gasteiger partial charge in [0.05, 0.1) is 16.0 Å². The molecule has 1 aliphatic heterocycles. The third-order valence-corrected chi connectivity index (χ3v) is 8.90. The molecule has 12 heteroatoms. The summed E-state index contributed by atoms with van der Waals surface area (Å²) in [7, 11) is -3.58. The number of benzene rings is 1. The molecule has 228 valence electrons. The first kappa shape index (κ1) is 31.5. The maximum atomic E-state index is 14.3. The predicted molar refractivity (Wildman–Crippen MR) is 148 cm³/mol. The van der Waals surface area contributed by atoms with Crippen molar-refractivity contribution in [1.82, 2.24) is 9.88 Å². The molecular weight excluding hydrogens is 562 g/mol. The third-order valence-electron chi connectivity index (χ3n) is 8.00. The number of hydrogen-bond donors (Lipinski definition) is 3. The molecule has 1 aromatic carbocycles. The van der Waals surface area contributed by atoms with Gasteiger partial charge >= 0.3 is 6.18 Å². The molecule has 2 fully saturated rings. The minimum Gasteiger partial charge on any atom is -0.381 e. The van der Waals surface area contributed by atoms with E-state index in [1.807, 2.05) is 4.57 Å². The van der Waals surface area contributed by atoms with Gasteiger partial charge in [-0.2, -0.15) is 13.2 Å². The highest BCUT2D eigenvalue weighted by Crippen LogP contribution is 2.40. The summed E-state index contributed by atoms with van der Waals surface area (Å²) in [5.74, 6) is -0.251. The molecule has 0 radical (unpaired) electrons. The standard InChI is InChI=1S/C29H39F4N3O4S/c1-17-23(27(37)35-22-8-10-40-11-9-22)14-25(36(17)16-18-4-6-21(30)7-5-18)19-12-20(15-28(2,3)34)26(41(38)39)24(13-19)29(31,32)33/h12-14,18,21-22,41H,4-11,15-16,34H2,1-3H3,(H,35,37). The Morgan fingerprint density at radius 2 is 1.71 bits per heavy atom. The Morgan fingerprint density at radius 1 is 1.07 bits per heavy atom. The number of amides is 1. The van der Waals surface area contributed by atoms with E-state index in [-0.39, 0.29) is 35.4 Å². The second kappa shape index (κ2) is 12.4. The summed E-state index contributed by atoms with van der Waals surface area (Å²) in [6.07, 6.45) is -2.53. The van der Waals surface area contributed by atoms with Gasteiger partial charge in [-0.15, -0.1) is 0 Å². The molecule has 1 aliphatic carbocycles. The lowest BCUT2D eigenvalue weighted by atomic mass is 9.88. The number of carbonyl (C=O) groups excluding carboxylic acids is 1. The minimum absolute atomic E-state index is 0.0324. The molecule has 1 saturated heterocycles. The van der Waals surface area contributed by atoms with Crippen LogP contribution in [0, 0.1) is 12.8 Å². The van der Waals surface area contributed by atoms with Crippen molar-refractivity contribution in [2.75, 3.05) is 13.2 Å². The van der Waals surface area contributed by atoms with Gasteiger partial charge in [0.25, 0.3) is 5.91 Å². The molecular formula is C29H39F4N3O4S. The lowest BCUT2D eigenvalue weighted by molar-refractivity contribution is -0.139. The first-order chi connectivity index (χ1) is 19.1. The Hall–Kier alpha value is -2.44. The van der Waals surface area contributed by atoms with Crippen LogP contribution in [0.1, 0.15) is 79.6 Å². The monoisotopic (exact) mass is 601 g/mol. The summed E-state index contributed by atoms with van der Waals surface area (Å²) >= 11 is 0. The largest absolute Gasteiger partial charge is 0.417 e. The van der Waals surface area contributed by atoms with Crippen molar-refractivity contribution in [3.63, 3.8) is 0 Å². The second-order valence-corrected chi connectivity index (χ2v) is 13.0. The van der Waals surface area contributed by atoms with Gasteiger partial charge in [-0.1, -0.05) is 0 Å². The number of thiol groups is 1. The minimum atomic E-state index is -4.94. The molecule has 0 bridgehead atoms. The lowest BCUT2D eigenvalue weighted by Gasteiger charge is -2.27. The third kappa shape index (κ3) is 7.70. The number of carbonyl (C=O) groups is 1. The van der Waals surface area contributed by atoms with Crippen molar-refractivity contribution >= 4 is 16.6 Å². The first-order valence-corrected chi connectivity index (χ1v) is 15.2. The first-order valence-electron chi connectivity index (χ1n) is 14.0. The Morgan fingerprint density at radius 3 is 2.27 bits per heavy atom. The SMILES string of the molecule is Cc1c(C(=O)NC2CCOCC2)cc(-c2cc(CC(C)(C)N)c([SH](=O)=O)c(C(F)(F)F)c2)n1CC1CCC(F)CC1. The molecule has 3 N–H and O–H groups in total. The van der Waals surface area contributed by atoms with Gasteiger partial charge in [-0.3, -0.25) is 4.79 Å². The van der Waals surface area contributed by atoms with E-state index < -0.39 is 39.0 Å². The number of nitrogens with two attached hydrogens (primary N) is 1. The van der Waals surface area contributed by atoms with Crippen molar-refractivity contribution in [3.05, 3.63) is 40.6 Å². The number of hydrogen-bond acceptors (Lipinski definition) is 5. The van der Waals surface area contributed by atoms with Crippen LogP contribution in [0.3, 0.4) is 0 Å². The van der Waals surface area contributed by atoms with Gasteiger partial charge in [0.15, 0.2) is 10.7 Å². The zero-order valence-corrected chi connectivity index (χ0v) is 24.5. The van der Waals surface area contributed by atoms with E-state index in [0.717, 1.165) is 6.07 Å². The van der Waals surface area contributed by atoms with Crippen molar-refractivity contribution in [3.8, 4) is 11.3 Å². The van der Waals surface area contributed by atoms with Gasteiger partial charge in [0, 0.05) is 42.7 Å². The quantitative estimate of drug-likeness (QED) is 0.286. The van der Waals surface area contributed by atoms with Crippen LogP contribution in [0.2, 0.25) is 0 Å². The predicted octanol–water partition coefficient (Wildman–Crippen LogP) is 5.17. The molecule has 0 unspecified atom stereocenters. The van der Waals surface area contributed by atoms with Crippen molar-refractivity contribution < 1.29 is 35.5 Å². The Kier molecular flexibility index (Phi) is 9.55. The summed E-state index contributed by atoms with van der Waals surface area (Å²) in [6.45, 7) is 6.43. The number of nitrogens with zero attached hydrogens (tertiary/aromatic N) is 1. The van der Waals surface area contributed by atoms with E-state index in [2.05, 4.69) is 5.32 Å². The normalized spacial score (nSPS) is 20.9. The number of alkyl halides is 4. The van der Waals surface area contributed by atoms with Crippen LogP contribution in [-0.2, 0) is 34.6 Å². The second-order valence-electron chi connectivity index (χ2n) is 12.1. The van der Waals surface area contributed by atoms with E-state index in [1.54, 1.807) is 26.8 Å². The number of rotatable bonds is 8. The molecule has 7 nitrogen and oxygen atoms in total. The topological polar surface area (TPSA) is 103 Å². The molecule has 2 aliphatic rings. The van der Waals surface area contributed by atoms with E-state index >= 15 is 0 Å². The maximum Gasteiger partial charge on any atom is 0.417 e. The Labute approximate surface area is 239 Å². The summed E-state index contributed by atoms with van der Waals surface area (Å²) in [5, 5.41) is 3.02. The molecule has 2 heterocycles. The fourth-order valence-corrected chi connectivity index (χ4v) is 6.68. The molecule has 1 aromatic heterocycles. The van der Waals surface area contributed by atoms with Crippen LogP contribution < -0.4 is 11.1 Å². The van der Waals surface area contributed by atoms with Crippen molar-refractivity contribution in [2.24, 2.45) is 11.7 Å². The van der Waals surface area contributed by atoms with Crippen LogP contribution in [-0.4, -0.2) is 49.9 Å². The Bertz CT molecular complexity index is 1320. The fraction of sp³-hybridized carbons (Fsp3) is 0.621. The highest BCUT2D eigenvalue weighted by molar-refractivity contribution is 7.72. The van der Waals surface area contributed by atoms with Gasteiger partial charge < -0.3 is 20.4 Å². The van der Waals surface area contributed by atoms with E-state index in [0.29, 0.717) is 75.2 Å². The van der Waals surface area contributed by atoms with Gasteiger partial charge in [-0.05, 0) is 101 Å². The van der Waals surface area contributed by atoms with E-state index in [1.165, 1.54) is 6.07 Å². The molecule has 4 rings (SSSR count). The highest BCUT2D eigenvalue weighted by Gasteiger charge is 2.37. The van der Waals surface area contributed by atoms with Crippen LogP contribution in [0.25, 0.3) is 11.3 Å². The van der Waals surface area contributed by atoms with Gasteiger partial charge in [0.2, 0.25) is 0 Å². The molecule has 0 spiro atoms. The summed E-state index contributed by atoms with van der Waals surface area (Å²) in [5.41, 5.74) is 5.28. The van der Waals surface area contributed by atoms with Gasteiger partial charge in [0.1, 0.15) is 6.17 Å². The zero-order valence-electron chi connectivity index (χ0n) is 23.7. The van der Waals surface area contributed by atoms with Crippen molar-refractivity contribution in [1.29, 1.82) is 0 Å². The number of ether oxygens (including phenoxy) is 1. The van der Waals surface area contributed by atoms with Crippen molar-refractivity contribution in [2.45, 2.75) is 101 Å². The van der Waals surface area contributed by atoms with Crippen LogP contribution in [0.4, 0.5) is 17.6 Å². The number of halogens is 4. The summed E-state index contributed by atoms with van der Waals surface area (Å²) in [4.78, 5) is 12.6. The number of aromatic nitrogens is 1. The fourth-order valence-electron chi connectivity index (χ4n) is 5.92. The van der Waals surface area contributed by atoms with Crippen LogP contribution >= 0.6 is 0 Å². The number of nitrogens with one attached hydrogen (secondary N) is 1. The van der Waals surface area contributed by atoms with Gasteiger partial charge in [-0.25, -0.2) is 12.8 Å². The summed E-state index contributed by atoms with van der Waals surface area (Å²) in [6, 6.07) is 3.78. The lowest BCUT2D eigenvalue weighted by Crippen LogP contribution is -2.39. The molecule has 0 atom stereocenters. The van der Waals surface area contributed by atoms with Crippen LogP contribution in [0.5, 0.6) is 0 Å². The molecule has 2 aromatic rings. The Balaban J connectivity index is 1.86. The van der Waals surface area contributed by atoms with E-state index in [9.17, 15) is 30.8 Å². The average Bonchev–Trinajstić information content (AvgIpc) is 3.19. The van der Waals surface area contributed by atoms with Crippen LogP contribution in [0.15, 0.2) is 23.1 Å². The molecule has 41 heavy (non-hydrogen) atoms.